The first-order chi connectivity index (χ1) is 9.65. The van der Waals surface area contributed by atoms with E-state index in [1.54, 1.807) is 6.07 Å². The Labute approximate surface area is 124 Å². The molecule has 0 spiro atoms. The second-order valence-corrected chi connectivity index (χ2v) is 4.86. The number of hydrogen-bond donors (Lipinski definition) is 1. The molecule has 6 heteroatoms. The van der Waals surface area contributed by atoms with Crippen molar-refractivity contribution < 1.29 is 18.7 Å². The topological polar surface area (TPSA) is 68.5 Å². The number of hydrogen-bond acceptors (Lipinski definition) is 4. The van der Waals surface area contributed by atoms with Gasteiger partial charge in [0, 0.05) is 4.47 Å². The summed E-state index contributed by atoms with van der Waals surface area (Å²) in [6, 6.07) is 10.5. The Morgan fingerprint density at radius 1 is 1.20 bits per heavy atom. The van der Waals surface area contributed by atoms with Gasteiger partial charge in [0.15, 0.2) is 5.76 Å². The maximum atomic E-state index is 11.5. The summed E-state index contributed by atoms with van der Waals surface area (Å²) in [6.07, 6.45) is 1.39. The van der Waals surface area contributed by atoms with Crippen molar-refractivity contribution in [3.8, 4) is 0 Å². The van der Waals surface area contributed by atoms with Gasteiger partial charge in [0.05, 0.1) is 6.26 Å². The van der Waals surface area contributed by atoms with Gasteiger partial charge in [-0.05, 0) is 29.8 Å². The number of nitrogens with one attached hydrogen (secondary N) is 1. The Morgan fingerprint density at radius 3 is 2.60 bits per heavy atom. The monoisotopic (exact) mass is 337 g/mol. The minimum atomic E-state index is -0.507. The lowest BCUT2D eigenvalue weighted by Gasteiger charge is -2.06. The summed E-state index contributed by atoms with van der Waals surface area (Å²) in [5.41, 5.74) is 0.874. The van der Waals surface area contributed by atoms with Crippen LogP contribution in [0.4, 0.5) is 0 Å². The predicted molar refractivity (Wildman–Crippen MR) is 75.0 cm³/mol. The number of carbonyl (C=O) groups is 2. The van der Waals surface area contributed by atoms with Crippen molar-refractivity contribution in [3.05, 3.63) is 58.5 Å². The molecule has 0 saturated carbocycles. The summed E-state index contributed by atoms with van der Waals surface area (Å²) in [5, 5.41) is 2.42. The summed E-state index contributed by atoms with van der Waals surface area (Å²) in [7, 11) is 0. The van der Waals surface area contributed by atoms with Gasteiger partial charge >= 0.3 is 5.97 Å². The van der Waals surface area contributed by atoms with Gasteiger partial charge in [0.2, 0.25) is 0 Å². The minimum Gasteiger partial charge on any atom is -0.460 e. The first kappa shape index (κ1) is 14.3. The number of furan rings is 1. The van der Waals surface area contributed by atoms with E-state index in [-0.39, 0.29) is 18.9 Å². The van der Waals surface area contributed by atoms with Crippen LogP contribution in [0.3, 0.4) is 0 Å². The van der Waals surface area contributed by atoms with E-state index in [1.165, 1.54) is 12.3 Å². The Morgan fingerprint density at radius 2 is 1.95 bits per heavy atom. The van der Waals surface area contributed by atoms with Crippen molar-refractivity contribution in [2.75, 3.05) is 6.54 Å². The van der Waals surface area contributed by atoms with Crippen LogP contribution in [0.5, 0.6) is 0 Å². The maximum Gasteiger partial charge on any atom is 0.325 e. The van der Waals surface area contributed by atoms with Crippen LogP contribution in [0.15, 0.2) is 51.6 Å². The average molecular weight is 338 g/mol. The van der Waals surface area contributed by atoms with E-state index in [9.17, 15) is 9.59 Å². The summed E-state index contributed by atoms with van der Waals surface area (Å²) in [6.45, 7) is -0.0290. The van der Waals surface area contributed by atoms with Gasteiger partial charge in [-0.2, -0.15) is 0 Å². The van der Waals surface area contributed by atoms with Crippen LogP contribution in [-0.4, -0.2) is 18.4 Å². The average Bonchev–Trinajstić information content (AvgIpc) is 2.98. The van der Waals surface area contributed by atoms with Crippen LogP contribution in [0, 0.1) is 0 Å². The van der Waals surface area contributed by atoms with Gasteiger partial charge in [0.25, 0.3) is 5.91 Å². The third-order valence-corrected chi connectivity index (χ3v) is 2.98. The Kier molecular flexibility index (Phi) is 4.95. The van der Waals surface area contributed by atoms with Gasteiger partial charge in [-0.15, -0.1) is 0 Å². The fraction of sp³-hybridized carbons (Fsp3) is 0.143. The maximum absolute atomic E-state index is 11.5. The summed E-state index contributed by atoms with van der Waals surface area (Å²) in [4.78, 5) is 23.0. The SMILES string of the molecule is O=C(CNC(=O)c1ccco1)OCc1ccc(Br)cc1. The second-order valence-electron chi connectivity index (χ2n) is 3.95. The van der Waals surface area contributed by atoms with E-state index in [0.717, 1.165) is 10.0 Å². The number of halogens is 1. The van der Waals surface area contributed by atoms with Gasteiger partial charge in [-0.25, -0.2) is 0 Å². The van der Waals surface area contributed by atoms with Crippen molar-refractivity contribution in [2.24, 2.45) is 0 Å². The van der Waals surface area contributed by atoms with Crippen molar-refractivity contribution in [1.82, 2.24) is 5.32 Å². The number of benzene rings is 1. The molecule has 0 aliphatic heterocycles. The van der Waals surface area contributed by atoms with Crippen LogP contribution in [-0.2, 0) is 16.1 Å². The number of ether oxygens (including phenoxy) is 1. The summed E-state index contributed by atoms with van der Waals surface area (Å²) >= 11 is 3.32. The third kappa shape index (κ3) is 4.24. The van der Waals surface area contributed by atoms with Gasteiger partial charge in [-0.1, -0.05) is 28.1 Å². The molecule has 0 unspecified atom stereocenters. The first-order valence-corrected chi connectivity index (χ1v) is 6.66. The molecule has 1 aromatic heterocycles. The lowest BCUT2D eigenvalue weighted by Crippen LogP contribution is -2.30. The van der Waals surface area contributed by atoms with Crippen molar-refractivity contribution in [1.29, 1.82) is 0 Å². The molecule has 2 aromatic rings. The van der Waals surface area contributed by atoms with E-state index in [1.807, 2.05) is 24.3 Å². The molecule has 0 bridgehead atoms. The highest BCUT2D eigenvalue weighted by atomic mass is 79.9. The third-order valence-electron chi connectivity index (χ3n) is 2.45. The minimum absolute atomic E-state index is 0.158. The normalized spacial score (nSPS) is 10.1. The molecule has 0 fully saturated rings. The largest absolute Gasteiger partial charge is 0.460 e. The first-order valence-electron chi connectivity index (χ1n) is 5.87. The van der Waals surface area contributed by atoms with E-state index in [4.69, 9.17) is 9.15 Å². The molecule has 1 heterocycles. The molecule has 0 aliphatic rings. The molecule has 0 atom stereocenters. The fourth-order valence-corrected chi connectivity index (χ4v) is 1.71. The molecule has 0 saturated heterocycles. The standard InChI is InChI=1S/C14H12BrNO4/c15-11-5-3-10(4-6-11)9-20-13(17)8-16-14(18)12-2-1-7-19-12/h1-7H,8-9H2,(H,16,18). The zero-order valence-electron chi connectivity index (χ0n) is 10.5. The highest BCUT2D eigenvalue weighted by Crippen LogP contribution is 2.11. The number of carbonyl (C=O) groups excluding carboxylic acids is 2. The van der Waals surface area contributed by atoms with Crippen LogP contribution in [0.2, 0.25) is 0 Å². The molecule has 0 radical (unpaired) electrons. The van der Waals surface area contributed by atoms with Gasteiger partial charge in [-0.3, -0.25) is 9.59 Å². The Bertz CT molecular complexity index is 578. The smallest absolute Gasteiger partial charge is 0.325 e. The fourth-order valence-electron chi connectivity index (χ4n) is 1.44. The highest BCUT2D eigenvalue weighted by Gasteiger charge is 2.10. The molecular formula is C14H12BrNO4. The van der Waals surface area contributed by atoms with E-state index >= 15 is 0 Å². The second kappa shape index (κ2) is 6.91. The van der Waals surface area contributed by atoms with Crippen LogP contribution in [0.1, 0.15) is 16.1 Å². The molecular weight excluding hydrogens is 326 g/mol. The quantitative estimate of drug-likeness (QED) is 0.851. The van der Waals surface area contributed by atoms with Gasteiger partial charge in [0.1, 0.15) is 13.2 Å². The lowest BCUT2D eigenvalue weighted by molar-refractivity contribution is -0.143. The zero-order valence-corrected chi connectivity index (χ0v) is 12.1. The number of esters is 1. The van der Waals surface area contributed by atoms with Crippen LogP contribution >= 0.6 is 15.9 Å². The van der Waals surface area contributed by atoms with E-state index < -0.39 is 11.9 Å². The number of amides is 1. The molecule has 0 aliphatic carbocycles. The lowest BCUT2D eigenvalue weighted by atomic mass is 10.2. The zero-order chi connectivity index (χ0) is 14.4. The van der Waals surface area contributed by atoms with Gasteiger partial charge < -0.3 is 14.5 Å². The summed E-state index contributed by atoms with van der Waals surface area (Å²) in [5.74, 6) is -0.797. The van der Waals surface area contributed by atoms with Crippen LogP contribution in [0.25, 0.3) is 0 Å². The molecule has 104 valence electrons. The van der Waals surface area contributed by atoms with Crippen LogP contribution < -0.4 is 5.32 Å². The Balaban J connectivity index is 1.73. The van der Waals surface area contributed by atoms with E-state index in [0.29, 0.717) is 0 Å². The molecule has 1 amide bonds. The molecule has 1 aromatic carbocycles. The predicted octanol–water partition coefficient (Wildman–Crippen LogP) is 2.52. The van der Waals surface area contributed by atoms with E-state index in [2.05, 4.69) is 21.2 Å². The molecule has 5 nitrogen and oxygen atoms in total. The van der Waals surface area contributed by atoms with Crippen molar-refractivity contribution in [3.63, 3.8) is 0 Å². The number of rotatable bonds is 5. The van der Waals surface area contributed by atoms with Crippen molar-refractivity contribution in [2.45, 2.75) is 6.61 Å². The molecule has 2 rings (SSSR count). The van der Waals surface area contributed by atoms with Crippen molar-refractivity contribution >= 4 is 27.8 Å². The highest BCUT2D eigenvalue weighted by molar-refractivity contribution is 9.10. The molecule has 20 heavy (non-hydrogen) atoms. The molecule has 1 N–H and O–H groups in total. The Hall–Kier alpha value is -2.08. The summed E-state index contributed by atoms with van der Waals surface area (Å²) < 4.78 is 10.9.